The van der Waals surface area contributed by atoms with Crippen LogP contribution < -0.4 is 0 Å². The molecule has 1 aliphatic carbocycles. The second-order valence-corrected chi connectivity index (χ2v) is 4.23. The molecule has 0 nitrogen and oxygen atoms in total. The van der Waals surface area contributed by atoms with Crippen LogP contribution in [-0.2, 0) is 16.8 Å². The fourth-order valence-corrected chi connectivity index (χ4v) is 1.56. The first-order chi connectivity index (χ1) is 7.34. The summed E-state index contributed by atoms with van der Waals surface area (Å²) in [4.78, 5) is 1.94. The van der Waals surface area contributed by atoms with Crippen molar-refractivity contribution < 1.29 is 16.8 Å². The third kappa shape index (κ3) is 6.54. The molecule has 4 radical (unpaired) electrons. The van der Waals surface area contributed by atoms with E-state index >= 15 is 0 Å². The van der Waals surface area contributed by atoms with E-state index in [-0.39, 0.29) is 16.8 Å². The Morgan fingerprint density at radius 3 is 1.88 bits per heavy atom. The minimum atomic E-state index is 0. The van der Waals surface area contributed by atoms with Crippen molar-refractivity contribution >= 4 is 36.5 Å². The molecule has 0 aromatic heterocycles. The number of benzene rings is 1. The predicted molar refractivity (Wildman–Crippen MR) is 68.5 cm³/mol. The number of allylic oxidation sites excluding steroid dienone is 4. The van der Waals surface area contributed by atoms with Gasteiger partial charge in [-0.15, -0.1) is 0 Å². The maximum atomic E-state index is 2.97. The monoisotopic (exact) mass is 386 g/mol. The van der Waals surface area contributed by atoms with Crippen LogP contribution in [0.3, 0.4) is 0 Å². The van der Waals surface area contributed by atoms with Crippen molar-refractivity contribution in [2.45, 2.75) is 0 Å². The van der Waals surface area contributed by atoms with Crippen LogP contribution in [0.2, 0.25) is 0 Å². The quantitative estimate of drug-likeness (QED) is 0.654. The molecule has 16 heavy (non-hydrogen) atoms. The minimum absolute atomic E-state index is 0. The number of rotatable bonds is 1. The fraction of sp³-hybridized carbons (Fsp3) is 0. The zero-order valence-electron chi connectivity index (χ0n) is 8.50. The Balaban J connectivity index is 0.000000318. The molecule has 0 aliphatic heterocycles. The van der Waals surface area contributed by atoms with Gasteiger partial charge in [0.1, 0.15) is 0 Å². The third-order valence-electron chi connectivity index (χ3n) is 1.72. The van der Waals surface area contributed by atoms with Gasteiger partial charge in [-0.3, -0.25) is 0 Å². The first kappa shape index (κ1) is 16.0. The van der Waals surface area contributed by atoms with E-state index < -0.39 is 0 Å². The molecule has 1 aromatic rings. The topological polar surface area (TPSA) is 0 Å². The molecule has 0 saturated carbocycles. The molecule has 0 saturated heterocycles. The van der Waals surface area contributed by atoms with Crippen LogP contribution in [0.25, 0.3) is 4.47 Å². The number of hydrogen-bond donors (Lipinski definition) is 0. The summed E-state index contributed by atoms with van der Waals surface area (Å²) in [5, 5.41) is 0. The zero-order valence-corrected chi connectivity index (χ0v) is 13.0. The van der Waals surface area contributed by atoms with Gasteiger partial charge in [0.2, 0.25) is 0 Å². The van der Waals surface area contributed by atoms with Crippen molar-refractivity contribution in [2.24, 2.45) is 0 Å². The third-order valence-corrected chi connectivity index (χ3v) is 3.71. The standard InChI is InChI=1S/C8H6Se2.C5H5.Co/c9-6-8(10)7-4-2-1-3-5-7;1-2-4-5-3-1;/h1-6H;1-5H;/b8-6-;;. The molecule has 0 N–H and O–H groups in total. The molecule has 0 bridgehead atoms. The van der Waals surface area contributed by atoms with Crippen LogP contribution in [0.1, 0.15) is 5.56 Å². The molecule has 84 valence electrons. The average molecular weight is 384 g/mol. The summed E-state index contributed by atoms with van der Waals surface area (Å²) in [6.07, 6.45) is 10.0. The Kier molecular flexibility index (Phi) is 10.2. The molecule has 0 heterocycles. The van der Waals surface area contributed by atoms with Crippen LogP contribution in [-0.4, -0.2) is 32.0 Å². The van der Waals surface area contributed by atoms with E-state index in [4.69, 9.17) is 0 Å². The first-order valence-corrected chi connectivity index (χ1v) is 6.40. The van der Waals surface area contributed by atoms with Crippen molar-refractivity contribution in [2.75, 3.05) is 0 Å². The van der Waals surface area contributed by atoms with Gasteiger partial charge in [-0.25, -0.2) is 0 Å². The van der Waals surface area contributed by atoms with Crippen LogP contribution in [0.4, 0.5) is 0 Å². The van der Waals surface area contributed by atoms with Crippen LogP contribution in [0, 0.1) is 6.42 Å². The van der Waals surface area contributed by atoms with Crippen LogP contribution in [0.5, 0.6) is 0 Å². The van der Waals surface area contributed by atoms with Gasteiger partial charge in [0.05, 0.1) is 0 Å². The molecule has 0 amide bonds. The Bertz CT molecular complexity index is 357. The van der Waals surface area contributed by atoms with Gasteiger partial charge < -0.3 is 0 Å². The Morgan fingerprint density at radius 1 is 0.938 bits per heavy atom. The second kappa shape index (κ2) is 10.2. The second-order valence-electron chi connectivity index (χ2n) is 2.81. The van der Waals surface area contributed by atoms with Gasteiger partial charge in [0.25, 0.3) is 0 Å². The van der Waals surface area contributed by atoms with E-state index in [2.05, 4.69) is 44.2 Å². The molecule has 0 spiro atoms. The Hall–Kier alpha value is -0.0145. The SMILES string of the molecule is [CH]1C=CC=C1.[Co].[Se]/C=C(\[Se])c1ccccc1. The summed E-state index contributed by atoms with van der Waals surface area (Å²) >= 11 is 5.82. The van der Waals surface area contributed by atoms with Crippen molar-refractivity contribution in [3.05, 3.63) is 71.6 Å². The molecule has 2 rings (SSSR count). The molecule has 0 unspecified atom stereocenters. The summed E-state index contributed by atoms with van der Waals surface area (Å²) in [7, 11) is 0. The predicted octanol–water partition coefficient (Wildman–Crippen LogP) is 2.64. The van der Waals surface area contributed by atoms with Gasteiger partial charge in [-0.1, -0.05) is 24.3 Å². The van der Waals surface area contributed by atoms with Gasteiger partial charge >= 0.3 is 77.4 Å². The fourth-order valence-electron chi connectivity index (χ4n) is 0.991. The van der Waals surface area contributed by atoms with E-state index in [1.54, 1.807) is 0 Å². The van der Waals surface area contributed by atoms with Gasteiger partial charge in [0, 0.05) is 23.2 Å². The van der Waals surface area contributed by atoms with E-state index in [0.717, 1.165) is 4.47 Å². The maximum absolute atomic E-state index is 2.97. The van der Waals surface area contributed by atoms with Crippen molar-refractivity contribution in [3.8, 4) is 0 Å². The summed E-state index contributed by atoms with van der Waals surface area (Å²) in [5.74, 6) is 0. The van der Waals surface area contributed by atoms with Crippen molar-refractivity contribution in [3.63, 3.8) is 0 Å². The summed E-state index contributed by atoms with van der Waals surface area (Å²) in [5.41, 5.74) is 1.22. The van der Waals surface area contributed by atoms with Gasteiger partial charge in [0.15, 0.2) is 0 Å². The van der Waals surface area contributed by atoms with E-state index in [1.807, 2.05) is 53.9 Å². The molecule has 0 fully saturated rings. The number of hydrogen-bond acceptors (Lipinski definition) is 0. The van der Waals surface area contributed by atoms with E-state index in [1.165, 1.54) is 5.56 Å². The zero-order chi connectivity index (χ0) is 10.9. The molecular weight excluding hydrogens is 373 g/mol. The molecule has 1 aromatic carbocycles. The average Bonchev–Trinajstić information content (AvgIpc) is 2.88. The van der Waals surface area contributed by atoms with Crippen molar-refractivity contribution in [1.29, 1.82) is 0 Å². The summed E-state index contributed by atoms with van der Waals surface area (Å²) < 4.78 is 1.15. The van der Waals surface area contributed by atoms with E-state index in [9.17, 15) is 0 Å². The van der Waals surface area contributed by atoms with Crippen LogP contribution >= 0.6 is 0 Å². The Labute approximate surface area is 124 Å². The molecular formula is C13H11CoSe2. The molecule has 0 atom stereocenters. The first-order valence-electron chi connectivity index (χ1n) is 4.56. The Morgan fingerprint density at radius 2 is 1.50 bits per heavy atom. The molecule has 3 heteroatoms. The van der Waals surface area contributed by atoms with Gasteiger partial charge in [-0.05, 0) is 0 Å². The van der Waals surface area contributed by atoms with Crippen molar-refractivity contribution in [1.82, 2.24) is 0 Å². The summed E-state index contributed by atoms with van der Waals surface area (Å²) in [6.45, 7) is 0. The van der Waals surface area contributed by atoms with E-state index in [0.29, 0.717) is 0 Å². The normalized spacial score (nSPS) is 12.6. The van der Waals surface area contributed by atoms with Gasteiger partial charge in [-0.2, -0.15) is 0 Å². The van der Waals surface area contributed by atoms with Crippen LogP contribution in [0.15, 0.2) is 59.6 Å². The summed E-state index contributed by atoms with van der Waals surface area (Å²) in [6, 6.07) is 10.2. The molecule has 1 aliphatic rings.